The van der Waals surface area contributed by atoms with E-state index in [1.807, 2.05) is 0 Å². The molecule has 2 heterocycles. The van der Waals surface area contributed by atoms with Crippen LogP contribution in [-0.4, -0.2) is 17.6 Å². The van der Waals surface area contributed by atoms with Crippen molar-refractivity contribution in [2.45, 2.75) is 26.0 Å². The average molecular weight is 231 g/mol. The minimum Gasteiger partial charge on any atom is -0.487 e. The van der Waals surface area contributed by atoms with Gasteiger partial charge in [-0.3, -0.25) is 4.79 Å². The zero-order chi connectivity index (χ0) is 9.97. The van der Waals surface area contributed by atoms with Crippen molar-refractivity contribution in [2.24, 2.45) is 0 Å². The Labute approximate surface area is 94.4 Å². The third-order valence-corrected chi connectivity index (χ3v) is 2.38. The molecule has 2 N–H and O–H groups in total. The zero-order valence-electron chi connectivity index (χ0n) is 8.58. The number of nitrogens with one attached hydrogen (secondary N) is 2. The van der Waals surface area contributed by atoms with Crippen molar-refractivity contribution < 1.29 is 4.74 Å². The molecule has 0 radical (unpaired) electrons. The fourth-order valence-corrected chi connectivity index (χ4v) is 1.55. The third kappa shape index (κ3) is 2.73. The van der Waals surface area contributed by atoms with Crippen molar-refractivity contribution in [2.75, 3.05) is 6.54 Å². The van der Waals surface area contributed by atoms with Gasteiger partial charge in [0.05, 0.1) is 5.69 Å². The molecule has 1 aromatic rings. The van der Waals surface area contributed by atoms with Crippen molar-refractivity contribution in [3.8, 4) is 5.75 Å². The predicted molar refractivity (Wildman–Crippen MR) is 60.7 cm³/mol. The van der Waals surface area contributed by atoms with E-state index in [4.69, 9.17) is 4.74 Å². The number of hydrogen-bond donors (Lipinski definition) is 2. The van der Waals surface area contributed by atoms with Gasteiger partial charge in [-0.25, -0.2) is 0 Å². The summed E-state index contributed by atoms with van der Waals surface area (Å²) in [4.78, 5) is 13.8. The molecule has 1 aromatic heterocycles. The SMILES string of the molecule is CC[C@@H]1CNCc2[nH]c(=O)ccc2O1.Cl. The molecule has 0 bridgehead atoms. The van der Waals surface area contributed by atoms with Gasteiger partial charge in [0.15, 0.2) is 0 Å². The second-order valence-corrected chi connectivity index (χ2v) is 3.44. The standard InChI is InChI=1S/C10H14N2O2.ClH/c1-2-7-5-11-6-8-9(14-7)3-4-10(13)12-8;/h3-4,7,11H,2,5-6H2,1H3,(H,12,13);1H/t7-;/m1./s1. The number of H-pyrrole nitrogens is 1. The van der Waals surface area contributed by atoms with E-state index >= 15 is 0 Å². The van der Waals surface area contributed by atoms with Crippen LogP contribution >= 0.6 is 12.4 Å². The van der Waals surface area contributed by atoms with E-state index in [9.17, 15) is 4.79 Å². The van der Waals surface area contributed by atoms with Crippen LogP contribution in [0.15, 0.2) is 16.9 Å². The number of halogens is 1. The van der Waals surface area contributed by atoms with Crippen molar-refractivity contribution >= 4 is 12.4 Å². The van der Waals surface area contributed by atoms with Crippen LogP contribution in [0.2, 0.25) is 0 Å². The summed E-state index contributed by atoms with van der Waals surface area (Å²) in [7, 11) is 0. The lowest BCUT2D eigenvalue weighted by atomic mass is 10.3. The van der Waals surface area contributed by atoms with E-state index in [-0.39, 0.29) is 24.1 Å². The van der Waals surface area contributed by atoms with Gasteiger partial charge < -0.3 is 15.0 Å². The molecule has 1 aliphatic heterocycles. The number of ether oxygens (including phenoxy) is 1. The first-order valence-electron chi connectivity index (χ1n) is 4.89. The van der Waals surface area contributed by atoms with E-state index < -0.39 is 0 Å². The molecule has 0 saturated heterocycles. The highest BCUT2D eigenvalue weighted by Gasteiger charge is 2.15. The summed E-state index contributed by atoms with van der Waals surface area (Å²) < 4.78 is 5.73. The lowest BCUT2D eigenvalue weighted by Gasteiger charge is -2.14. The number of fused-ring (bicyclic) bond motifs is 1. The van der Waals surface area contributed by atoms with Crippen LogP contribution in [0, 0.1) is 0 Å². The lowest BCUT2D eigenvalue weighted by Crippen LogP contribution is -2.27. The van der Waals surface area contributed by atoms with Gasteiger partial charge in [0.25, 0.3) is 0 Å². The van der Waals surface area contributed by atoms with Crippen LogP contribution in [0.4, 0.5) is 0 Å². The van der Waals surface area contributed by atoms with Crippen molar-refractivity contribution in [3.05, 3.63) is 28.2 Å². The normalized spacial score (nSPS) is 19.4. The molecule has 0 fully saturated rings. The Bertz CT molecular complexity index is 378. The lowest BCUT2D eigenvalue weighted by molar-refractivity contribution is 0.201. The number of pyridine rings is 1. The second-order valence-electron chi connectivity index (χ2n) is 3.44. The summed E-state index contributed by atoms with van der Waals surface area (Å²) in [5.74, 6) is 0.793. The Hall–Kier alpha value is -1.000. The van der Waals surface area contributed by atoms with E-state index in [1.54, 1.807) is 6.07 Å². The van der Waals surface area contributed by atoms with Crippen molar-refractivity contribution in [3.63, 3.8) is 0 Å². The second kappa shape index (κ2) is 5.19. The third-order valence-electron chi connectivity index (χ3n) is 2.38. The molecule has 0 amide bonds. The summed E-state index contributed by atoms with van der Waals surface area (Å²) in [6, 6.07) is 3.24. The van der Waals surface area contributed by atoms with Gasteiger partial charge in [0, 0.05) is 19.2 Å². The molecule has 4 nitrogen and oxygen atoms in total. The molecule has 5 heteroatoms. The summed E-state index contributed by atoms with van der Waals surface area (Å²) in [5.41, 5.74) is 0.762. The largest absolute Gasteiger partial charge is 0.487 e. The highest BCUT2D eigenvalue weighted by atomic mass is 35.5. The van der Waals surface area contributed by atoms with Gasteiger partial charge in [0.2, 0.25) is 5.56 Å². The fourth-order valence-electron chi connectivity index (χ4n) is 1.55. The Morgan fingerprint density at radius 2 is 2.33 bits per heavy atom. The van der Waals surface area contributed by atoms with Crippen LogP contribution in [0.25, 0.3) is 0 Å². The van der Waals surface area contributed by atoms with Gasteiger partial charge in [-0.15, -0.1) is 12.4 Å². The first-order valence-corrected chi connectivity index (χ1v) is 4.89. The van der Waals surface area contributed by atoms with E-state index in [2.05, 4.69) is 17.2 Å². The number of rotatable bonds is 1. The molecular weight excluding hydrogens is 216 g/mol. The molecule has 15 heavy (non-hydrogen) atoms. The number of aromatic amines is 1. The minimum absolute atomic E-state index is 0. The summed E-state index contributed by atoms with van der Waals surface area (Å²) in [6.07, 6.45) is 1.16. The molecule has 0 aromatic carbocycles. The molecule has 84 valence electrons. The summed E-state index contributed by atoms with van der Waals surface area (Å²) in [5, 5.41) is 3.24. The van der Waals surface area contributed by atoms with E-state index in [0.29, 0.717) is 6.54 Å². The number of hydrogen-bond acceptors (Lipinski definition) is 3. The smallest absolute Gasteiger partial charge is 0.248 e. The van der Waals surface area contributed by atoms with Crippen molar-refractivity contribution in [1.82, 2.24) is 10.3 Å². The monoisotopic (exact) mass is 230 g/mol. The molecule has 0 unspecified atom stereocenters. The molecule has 1 aliphatic rings. The average Bonchev–Trinajstić information content (AvgIpc) is 2.38. The Morgan fingerprint density at radius 1 is 1.53 bits per heavy atom. The quantitative estimate of drug-likeness (QED) is 0.759. The van der Waals surface area contributed by atoms with Gasteiger partial charge in [0.1, 0.15) is 11.9 Å². The van der Waals surface area contributed by atoms with Crippen LogP contribution < -0.4 is 15.6 Å². The molecule has 0 aliphatic carbocycles. The van der Waals surface area contributed by atoms with Gasteiger partial charge in [-0.2, -0.15) is 0 Å². The van der Waals surface area contributed by atoms with Crippen LogP contribution in [0.5, 0.6) is 5.75 Å². The molecular formula is C10H15ClN2O2. The maximum atomic E-state index is 11.1. The molecule has 0 spiro atoms. The van der Waals surface area contributed by atoms with E-state index in [0.717, 1.165) is 24.4 Å². The molecule has 1 atom stereocenters. The van der Waals surface area contributed by atoms with Crippen molar-refractivity contribution in [1.29, 1.82) is 0 Å². The Balaban J connectivity index is 0.00000112. The Kier molecular flexibility index (Phi) is 4.17. The molecule has 0 saturated carbocycles. The first kappa shape index (κ1) is 12.1. The maximum absolute atomic E-state index is 11.1. The first-order chi connectivity index (χ1) is 6.79. The highest BCUT2D eigenvalue weighted by Crippen LogP contribution is 2.18. The topological polar surface area (TPSA) is 54.1 Å². The Morgan fingerprint density at radius 3 is 3.07 bits per heavy atom. The zero-order valence-corrected chi connectivity index (χ0v) is 9.39. The number of aromatic nitrogens is 1. The minimum atomic E-state index is -0.0795. The molecule has 2 rings (SSSR count). The summed E-state index contributed by atoms with van der Waals surface area (Å²) >= 11 is 0. The van der Waals surface area contributed by atoms with Crippen LogP contribution in [-0.2, 0) is 6.54 Å². The van der Waals surface area contributed by atoms with Crippen LogP contribution in [0.1, 0.15) is 19.0 Å². The highest BCUT2D eigenvalue weighted by molar-refractivity contribution is 5.85. The summed E-state index contributed by atoms with van der Waals surface area (Å²) in [6.45, 7) is 3.58. The maximum Gasteiger partial charge on any atom is 0.248 e. The van der Waals surface area contributed by atoms with Crippen LogP contribution in [0.3, 0.4) is 0 Å². The van der Waals surface area contributed by atoms with Gasteiger partial charge in [-0.05, 0) is 12.5 Å². The van der Waals surface area contributed by atoms with Gasteiger partial charge >= 0.3 is 0 Å². The fraction of sp³-hybridized carbons (Fsp3) is 0.500. The van der Waals surface area contributed by atoms with Gasteiger partial charge in [-0.1, -0.05) is 6.92 Å². The predicted octanol–water partition coefficient (Wildman–Crippen LogP) is 1.06. The van der Waals surface area contributed by atoms with E-state index in [1.165, 1.54) is 6.07 Å².